The summed E-state index contributed by atoms with van der Waals surface area (Å²) in [7, 11) is 0. The van der Waals surface area contributed by atoms with E-state index in [2.05, 4.69) is 20.5 Å². The molecule has 0 unspecified atom stereocenters. The number of rotatable bonds is 9. The second-order valence-corrected chi connectivity index (χ2v) is 8.55. The van der Waals surface area contributed by atoms with Gasteiger partial charge in [0.25, 0.3) is 5.56 Å². The fraction of sp³-hybridized carbons (Fsp3) is 0.320. The number of esters is 1. The summed E-state index contributed by atoms with van der Waals surface area (Å²) in [5.41, 5.74) is 3.26. The van der Waals surface area contributed by atoms with E-state index >= 15 is 0 Å². The predicted octanol–water partition coefficient (Wildman–Crippen LogP) is 2.32. The maximum atomic E-state index is 13.0. The van der Waals surface area contributed by atoms with Crippen molar-refractivity contribution in [1.29, 1.82) is 0 Å². The summed E-state index contributed by atoms with van der Waals surface area (Å²) in [5, 5.41) is 12.8. The number of pyridine rings is 1. The van der Waals surface area contributed by atoms with Crippen LogP contribution in [0.4, 0.5) is 0 Å². The van der Waals surface area contributed by atoms with Crippen molar-refractivity contribution in [3.8, 4) is 11.5 Å². The topological polar surface area (TPSA) is 124 Å². The quantitative estimate of drug-likeness (QED) is 0.352. The number of fused-ring (bicyclic) bond motifs is 2. The first-order valence-electron chi connectivity index (χ1n) is 11.6. The van der Waals surface area contributed by atoms with Gasteiger partial charge in [-0.1, -0.05) is 24.3 Å². The van der Waals surface area contributed by atoms with E-state index in [9.17, 15) is 9.59 Å². The van der Waals surface area contributed by atoms with Crippen LogP contribution >= 0.6 is 0 Å². The van der Waals surface area contributed by atoms with E-state index < -0.39 is 5.97 Å². The number of ether oxygens (including phenoxy) is 3. The van der Waals surface area contributed by atoms with E-state index in [0.29, 0.717) is 42.5 Å². The van der Waals surface area contributed by atoms with Crippen molar-refractivity contribution in [3.05, 3.63) is 75.3 Å². The van der Waals surface area contributed by atoms with Gasteiger partial charge in [-0.3, -0.25) is 14.5 Å². The van der Waals surface area contributed by atoms with Gasteiger partial charge in [-0.25, -0.2) is 4.68 Å². The highest BCUT2D eigenvalue weighted by Crippen LogP contribution is 2.33. The third kappa shape index (κ3) is 5.05. The molecule has 0 fully saturated rings. The molecule has 1 aliphatic rings. The van der Waals surface area contributed by atoms with Crippen LogP contribution in [0.3, 0.4) is 0 Å². The molecule has 3 heterocycles. The number of aryl methyl sites for hydroxylation is 1. The number of carbonyl (C=O) groups is 1. The molecular formula is C25H26N6O5. The Bertz CT molecular complexity index is 1460. The normalized spacial score (nSPS) is 12.4. The zero-order chi connectivity index (χ0) is 25.1. The first-order chi connectivity index (χ1) is 17.5. The molecule has 2 aromatic carbocycles. The molecule has 0 aliphatic carbocycles. The molecule has 0 saturated carbocycles. The SMILES string of the molecule is CCOC(=O)Cn1nnnc1CN(Cc1ccc2c(c1)OCO2)Cc1cc2cccc(C)c2[nH]c1=O. The van der Waals surface area contributed by atoms with E-state index in [-0.39, 0.29) is 25.5 Å². The summed E-state index contributed by atoms with van der Waals surface area (Å²) in [4.78, 5) is 30.1. The minimum absolute atomic E-state index is 0.0934. The van der Waals surface area contributed by atoms with Crippen molar-refractivity contribution in [2.75, 3.05) is 13.4 Å². The summed E-state index contributed by atoms with van der Waals surface area (Å²) in [6.45, 7) is 5.19. The van der Waals surface area contributed by atoms with Gasteiger partial charge >= 0.3 is 5.97 Å². The molecule has 186 valence electrons. The molecule has 36 heavy (non-hydrogen) atoms. The summed E-state index contributed by atoms with van der Waals surface area (Å²) >= 11 is 0. The first-order valence-corrected chi connectivity index (χ1v) is 11.6. The number of tetrazole rings is 1. The van der Waals surface area contributed by atoms with Crippen LogP contribution in [0.2, 0.25) is 0 Å². The van der Waals surface area contributed by atoms with Crippen LogP contribution in [0.15, 0.2) is 47.3 Å². The molecular weight excluding hydrogens is 464 g/mol. The maximum absolute atomic E-state index is 13.0. The van der Waals surface area contributed by atoms with Gasteiger partial charge in [-0.05, 0) is 59.0 Å². The van der Waals surface area contributed by atoms with Gasteiger partial charge < -0.3 is 19.2 Å². The van der Waals surface area contributed by atoms with E-state index in [0.717, 1.165) is 22.0 Å². The number of para-hydroxylation sites is 1. The van der Waals surface area contributed by atoms with E-state index in [1.807, 2.05) is 54.3 Å². The van der Waals surface area contributed by atoms with Crippen molar-refractivity contribution in [1.82, 2.24) is 30.1 Å². The Morgan fingerprint density at radius 1 is 1.14 bits per heavy atom. The zero-order valence-corrected chi connectivity index (χ0v) is 20.1. The highest BCUT2D eigenvalue weighted by Gasteiger charge is 2.19. The van der Waals surface area contributed by atoms with Gasteiger partial charge in [0.15, 0.2) is 17.3 Å². The lowest BCUT2D eigenvalue weighted by Gasteiger charge is -2.22. The van der Waals surface area contributed by atoms with Crippen LogP contribution in [-0.2, 0) is 35.7 Å². The van der Waals surface area contributed by atoms with E-state index in [1.165, 1.54) is 4.68 Å². The Labute approximate surface area is 206 Å². The third-order valence-electron chi connectivity index (χ3n) is 5.96. The fourth-order valence-electron chi connectivity index (χ4n) is 4.24. The lowest BCUT2D eigenvalue weighted by atomic mass is 10.1. The zero-order valence-electron chi connectivity index (χ0n) is 20.1. The fourth-order valence-corrected chi connectivity index (χ4v) is 4.24. The number of nitrogens with one attached hydrogen (secondary N) is 1. The first kappa shape index (κ1) is 23.5. The van der Waals surface area contributed by atoms with E-state index in [1.54, 1.807) is 6.92 Å². The second kappa shape index (κ2) is 10.2. The third-order valence-corrected chi connectivity index (χ3v) is 5.96. The standard InChI is InChI=1S/C25H26N6O5/c1-3-34-23(32)14-31-22(27-28-29-31)13-30(11-17-7-8-20-21(9-17)36-15-35-20)12-19-10-18-6-4-5-16(2)24(18)26-25(19)33/h4-10H,3,11-15H2,1-2H3,(H,26,33). The number of aromatic nitrogens is 5. The van der Waals surface area contributed by atoms with Crippen LogP contribution in [-0.4, -0.2) is 49.5 Å². The summed E-state index contributed by atoms with van der Waals surface area (Å²) in [6, 6.07) is 13.6. The highest BCUT2D eigenvalue weighted by molar-refractivity contribution is 5.81. The number of benzene rings is 2. The monoisotopic (exact) mass is 490 g/mol. The Morgan fingerprint density at radius 3 is 2.86 bits per heavy atom. The van der Waals surface area contributed by atoms with Crippen molar-refractivity contribution in [3.63, 3.8) is 0 Å². The van der Waals surface area contributed by atoms with Crippen molar-refractivity contribution >= 4 is 16.9 Å². The molecule has 2 aromatic heterocycles. The number of carbonyl (C=O) groups excluding carboxylic acids is 1. The summed E-state index contributed by atoms with van der Waals surface area (Å²) < 4.78 is 17.4. The minimum atomic E-state index is -0.422. The molecule has 0 amide bonds. The van der Waals surface area contributed by atoms with Gasteiger partial charge in [0, 0.05) is 18.7 Å². The van der Waals surface area contributed by atoms with Gasteiger partial charge in [0.1, 0.15) is 6.54 Å². The number of H-pyrrole nitrogens is 1. The Kier molecular flexibility index (Phi) is 6.63. The van der Waals surface area contributed by atoms with E-state index in [4.69, 9.17) is 14.2 Å². The van der Waals surface area contributed by atoms with Crippen molar-refractivity contribution < 1.29 is 19.0 Å². The molecule has 4 aromatic rings. The van der Waals surface area contributed by atoms with Crippen LogP contribution < -0.4 is 15.0 Å². The molecule has 0 saturated heterocycles. The van der Waals surface area contributed by atoms with Crippen molar-refractivity contribution in [2.24, 2.45) is 0 Å². The molecule has 0 radical (unpaired) electrons. The number of nitrogens with zero attached hydrogens (tertiary/aromatic N) is 5. The Morgan fingerprint density at radius 2 is 2.00 bits per heavy atom. The maximum Gasteiger partial charge on any atom is 0.327 e. The number of hydrogen-bond donors (Lipinski definition) is 1. The molecule has 5 rings (SSSR count). The smallest absolute Gasteiger partial charge is 0.327 e. The van der Waals surface area contributed by atoms with Crippen LogP contribution in [0.25, 0.3) is 10.9 Å². The Hall–Kier alpha value is -4.25. The van der Waals surface area contributed by atoms with Gasteiger partial charge in [0.2, 0.25) is 6.79 Å². The van der Waals surface area contributed by atoms with Gasteiger partial charge in [0.05, 0.1) is 18.7 Å². The molecule has 1 N–H and O–H groups in total. The second-order valence-electron chi connectivity index (χ2n) is 8.55. The predicted molar refractivity (Wildman–Crippen MR) is 129 cm³/mol. The lowest BCUT2D eigenvalue weighted by Crippen LogP contribution is -2.28. The van der Waals surface area contributed by atoms with Gasteiger partial charge in [-0.2, -0.15) is 0 Å². The average molecular weight is 491 g/mol. The number of hydrogen-bond acceptors (Lipinski definition) is 9. The average Bonchev–Trinajstić information content (AvgIpc) is 3.49. The van der Waals surface area contributed by atoms with Crippen LogP contribution in [0, 0.1) is 6.92 Å². The molecule has 1 aliphatic heterocycles. The molecule has 11 nitrogen and oxygen atoms in total. The number of aromatic amines is 1. The molecule has 0 atom stereocenters. The minimum Gasteiger partial charge on any atom is -0.465 e. The molecule has 11 heteroatoms. The lowest BCUT2D eigenvalue weighted by molar-refractivity contribution is -0.144. The summed E-state index contributed by atoms with van der Waals surface area (Å²) in [5.74, 6) is 1.44. The largest absolute Gasteiger partial charge is 0.465 e. The Balaban J connectivity index is 1.44. The molecule has 0 bridgehead atoms. The van der Waals surface area contributed by atoms with Crippen molar-refractivity contribution in [2.45, 2.75) is 40.0 Å². The summed E-state index contributed by atoms with van der Waals surface area (Å²) in [6.07, 6.45) is 0. The van der Waals surface area contributed by atoms with Crippen LogP contribution in [0.1, 0.15) is 29.4 Å². The highest BCUT2D eigenvalue weighted by atomic mass is 16.7. The molecule has 0 spiro atoms. The van der Waals surface area contributed by atoms with Crippen LogP contribution in [0.5, 0.6) is 11.5 Å². The van der Waals surface area contributed by atoms with Gasteiger partial charge in [-0.15, -0.1) is 5.10 Å².